The Morgan fingerprint density at radius 1 is 1.29 bits per heavy atom. The van der Waals surface area contributed by atoms with E-state index < -0.39 is 0 Å². The minimum Gasteiger partial charge on any atom is -0.348 e. The van der Waals surface area contributed by atoms with E-state index in [1.807, 2.05) is 6.07 Å². The molecule has 3 rings (SSSR count). The summed E-state index contributed by atoms with van der Waals surface area (Å²) in [5, 5.41) is 14.8. The molecule has 1 saturated carbocycles. The molecule has 1 fully saturated rings. The Labute approximate surface area is 121 Å². The average Bonchev–Trinajstić information content (AvgIpc) is 3.31. The van der Waals surface area contributed by atoms with Crippen molar-refractivity contribution in [1.29, 1.82) is 5.26 Å². The summed E-state index contributed by atoms with van der Waals surface area (Å²) in [6, 6.07) is 11.0. The van der Waals surface area contributed by atoms with Gasteiger partial charge in [0.1, 0.15) is 17.8 Å². The Kier molecular flexibility index (Phi) is 3.48. The summed E-state index contributed by atoms with van der Waals surface area (Å²) in [4.78, 5) is 20.0. The largest absolute Gasteiger partial charge is 0.348 e. The van der Waals surface area contributed by atoms with Gasteiger partial charge >= 0.3 is 0 Å². The summed E-state index contributed by atoms with van der Waals surface area (Å²) in [6.45, 7) is 0. The molecule has 0 atom stereocenters. The zero-order valence-electron chi connectivity index (χ0n) is 11.2. The zero-order chi connectivity index (χ0) is 14.7. The molecule has 0 unspecified atom stereocenters. The molecule has 1 aromatic carbocycles. The van der Waals surface area contributed by atoms with Crippen molar-refractivity contribution in [1.82, 2.24) is 15.3 Å². The van der Waals surface area contributed by atoms with Crippen LogP contribution < -0.4 is 10.6 Å². The predicted octanol–water partition coefficient (Wildman–Crippen LogP) is 1.98. The number of rotatable bonds is 4. The molecule has 1 aliphatic carbocycles. The van der Waals surface area contributed by atoms with Crippen LogP contribution in [0, 0.1) is 11.3 Å². The SMILES string of the molecule is N#Cc1cccc(Nc2cc(C(=O)NC3CC3)ncn2)c1. The topological polar surface area (TPSA) is 90.7 Å². The second kappa shape index (κ2) is 5.59. The summed E-state index contributed by atoms with van der Waals surface area (Å²) in [7, 11) is 0. The molecule has 2 N–H and O–H groups in total. The zero-order valence-corrected chi connectivity index (χ0v) is 11.2. The minimum atomic E-state index is -0.186. The highest BCUT2D eigenvalue weighted by atomic mass is 16.2. The van der Waals surface area contributed by atoms with Crippen molar-refractivity contribution in [3.63, 3.8) is 0 Å². The first-order chi connectivity index (χ1) is 10.2. The van der Waals surface area contributed by atoms with E-state index in [9.17, 15) is 4.79 Å². The molecule has 1 amide bonds. The maximum atomic E-state index is 11.9. The lowest BCUT2D eigenvalue weighted by Crippen LogP contribution is -2.26. The van der Waals surface area contributed by atoms with Gasteiger partial charge in [-0.05, 0) is 31.0 Å². The fourth-order valence-electron chi connectivity index (χ4n) is 1.85. The van der Waals surface area contributed by atoms with Crippen molar-refractivity contribution in [3.8, 4) is 6.07 Å². The van der Waals surface area contributed by atoms with Crippen molar-refractivity contribution in [3.05, 3.63) is 47.9 Å². The molecule has 2 aromatic rings. The highest BCUT2D eigenvalue weighted by molar-refractivity contribution is 5.93. The maximum Gasteiger partial charge on any atom is 0.270 e. The fourth-order valence-corrected chi connectivity index (χ4v) is 1.85. The van der Waals surface area contributed by atoms with Crippen LogP contribution in [0.4, 0.5) is 11.5 Å². The summed E-state index contributed by atoms with van der Waals surface area (Å²) < 4.78 is 0. The van der Waals surface area contributed by atoms with Gasteiger partial charge in [0.15, 0.2) is 0 Å². The van der Waals surface area contributed by atoms with Crippen molar-refractivity contribution >= 4 is 17.4 Å². The van der Waals surface area contributed by atoms with Crippen LogP contribution >= 0.6 is 0 Å². The quantitative estimate of drug-likeness (QED) is 0.893. The van der Waals surface area contributed by atoms with Crippen LogP contribution in [-0.4, -0.2) is 21.9 Å². The van der Waals surface area contributed by atoms with Crippen LogP contribution in [0.25, 0.3) is 0 Å². The lowest BCUT2D eigenvalue weighted by atomic mass is 10.2. The molecule has 6 heteroatoms. The molecule has 0 saturated heterocycles. The molecule has 104 valence electrons. The summed E-state index contributed by atoms with van der Waals surface area (Å²) in [5.74, 6) is 0.328. The second-order valence-corrected chi connectivity index (χ2v) is 4.85. The number of anilines is 2. The molecule has 1 heterocycles. The van der Waals surface area contributed by atoms with E-state index in [0.717, 1.165) is 18.5 Å². The summed E-state index contributed by atoms with van der Waals surface area (Å²) >= 11 is 0. The first-order valence-corrected chi connectivity index (χ1v) is 6.65. The summed E-state index contributed by atoms with van der Waals surface area (Å²) in [5.41, 5.74) is 1.62. The van der Waals surface area contributed by atoms with Crippen molar-refractivity contribution < 1.29 is 4.79 Å². The molecule has 0 aliphatic heterocycles. The Morgan fingerprint density at radius 2 is 2.14 bits per heavy atom. The molecular formula is C15H13N5O. The highest BCUT2D eigenvalue weighted by Crippen LogP contribution is 2.20. The van der Waals surface area contributed by atoms with Crippen LogP contribution in [0.1, 0.15) is 28.9 Å². The normalized spacial score (nSPS) is 13.3. The van der Waals surface area contributed by atoms with Crippen molar-refractivity contribution in [2.75, 3.05) is 5.32 Å². The van der Waals surface area contributed by atoms with E-state index in [0.29, 0.717) is 17.1 Å². The van der Waals surface area contributed by atoms with Gasteiger partial charge in [-0.3, -0.25) is 4.79 Å². The molecular weight excluding hydrogens is 266 g/mol. The smallest absolute Gasteiger partial charge is 0.270 e. The standard InChI is InChI=1S/C15H13N5O/c16-8-10-2-1-3-12(6-10)19-14-7-13(17-9-18-14)15(21)20-11-4-5-11/h1-3,6-7,9,11H,4-5H2,(H,20,21)(H,17,18,19). The van der Waals surface area contributed by atoms with E-state index in [-0.39, 0.29) is 11.9 Å². The predicted molar refractivity (Wildman–Crippen MR) is 77.0 cm³/mol. The number of nitrogens with zero attached hydrogens (tertiary/aromatic N) is 3. The molecule has 1 aliphatic rings. The molecule has 0 spiro atoms. The number of nitrogens with one attached hydrogen (secondary N) is 2. The Bertz CT molecular complexity index is 718. The summed E-state index contributed by atoms with van der Waals surface area (Å²) in [6.07, 6.45) is 3.41. The van der Waals surface area contributed by atoms with Gasteiger partial charge < -0.3 is 10.6 Å². The number of benzene rings is 1. The van der Waals surface area contributed by atoms with E-state index in [1.54, 1.807) is 24.3 Å². The first kappa shape index (κ1) is 13.1. The van der Waals surface area contributed by atoms with Gasteiger partial charge in [0.05, 0.1) is 11.6 Å². The Morgan fingerprint density at radius 3 is 2.90 bits per heavy atom. The maximum absolute atomic E-state index is 11.9. The third-order valence-corrected chi connectivity index (χ3v) is 3.08. The monoisotopic (exact) mass is 279 g/mol. The van der Waals surface area contributed by atoms with Gasteiger partial charge in [0, 0.05) is 17.8 Å². The van der Waals surface area contributed by atoms with Crippen LogP contribution in [0.15, 0.2) is 36.7 Å². The third kappa shape index (κ3) is 3.34. The molecule has 21 heavy (non-hydrogen) atoms. The van der Waals surface area contributed by atoms with Gasteiger partial charge in [0.25, 0.3) is 5.91 Å². The van der Waals surface area contributed by atoms with Gasteiger partial charge in [-0.2, -0.15) is 5.26 Å². The first-order valence-electron chi connectivity index (χ1n) is 6.65. The Hall–Kier alpha value is -2.94. The third-order valence-electron chi connectivity index (χ3n) is 3.08. The van der Waals surface area contributed by atoms with Gasteiger partial charge in [-0.25, -0.2) is 9.97 Å². The molecule has 1 aromatic heterocycles. The van der Waals surface area contributed by atoms with Gasteiger partial charge in [-0.1, -0.05) is 6.07 Å². The van der Waals surface area contributed by atoms with E-state index in [1.165, 1.54) is 6.33 Å². The van der Waals surface area contributed by atoms with Crippen molar-refractivity contribution in [2.45, 2.75) is 18.9 Å². The minimum absolute atomic E-state index is 0.186. The fraction of sp³-hybridized carbons (Fsp3) is 0.200. The number of hydrogen-bond acceptors (Lipinski definition) is 5. The number of nitriles is 1. The Balaban J connectivity index is 1.76. The van der Waals surface area contributed by atoms with E-state index in [2.05, 4.69) is 26.7 Å². The van der Waals surface area contributed by atoms with Crippen LogP contribution in [0.5, 0.6) is 0 Å². The van der Waals surface area contributed by atoms with E-state index >= 15 is 0 Å². The highest BCUT2D eigenvalue weighted by Gasteiger charge is 2.24. The lowest BCUT2D eigenvalue weighted by Gasteiger charge is -2.07. The number of hydrogen-bond donors (Lipinski definition) is 2. The second-order valence-electron chi connectivity index (χ2n) is 4.85. The van der Waals surface area contributed by atoms with E-state index in [4.69, 9.17) is 5.26 Å². The number of amides is 1. The van der Waals surface area contributed by atoms with Gasteiger partial charge in [-0.15, -0.1) is 0 Å². The number of carbonyl (C=O) groups excluding carboxylic acids is 1. The van der Waals surface area contributed by atoms with Crippen LogP contribution in [-0.2, 0) is 0 Å². The van der Waals surface area contributed by atoms with Crippen LogP contribution in [0.3, 0.4) is 0 Å². The number of carbonyl (C=O) groups is 1. The van der Waals surface area contributed by atoms with Crippen molar-refractivity contribution in [2.24, 2.45) is 0 Å². The average molecular weight is 279 g/mol. The van der Waals surface area contributed by atoms with Gasteiger partial charge in [0.2, 0.25) is 0 Å². The molecule has 0 bridgehead atoms. The number of aromatic nitrogens is 2. The lowest BCUT2D eigenvalue weighted by molar-refractivity contribution is 0.0946. The molecule has 6 nitrogen and oxygen atoms in total. The molecule has 0 radical (unpaired) electrons. The van der Waals surface area contributed by atoms with Crippen LogP contribution in [0.2, 0.25) is 0 Å².